The normalized spacial score (nSPS) is 11.5. The van der Waals surface area contributed by atoms with E-state index in [1.807, 2.05) is 68.4 Å². The molecule has 0 aliphatic heterocycles. The van der Waals surface area contributed by atoms with Gasteiger partial charge >= 0.3 is 0 Å². The highest BCUT2D eigenvalue weighted by atomic mass is 32.2. The van der Waals surface area contributed by atoms with Crippen LogP contribution in [0.2, 0.25) is 0 Å². The second kappa shape index (κ2) is 9.89. The lowest BCUT2D eigenvalue weighted by molar-refractivity contribution is 0.0743. The first-order valence-corrected chi connectivity index (χ1v) is 11.2. The number of para-hydroxylation sites is 1. The summed E-state index contributed by atoms with van der Waals surface area (Å²) >= 11 is 1.42. The van der Waals surface area contributed by atoms with Crippen LogP contribution in [0.5, 0.6) is 0 Å². The third kappa shape index (κ3) is 5.21. The van der Waals surface area contributed by atoms with Crippen molar-refractivity contribution in [3.05, 3.63) is 70.8 Å². The van der Waals surface area contributed by atoms with Gasteiger partial charge in [0, 0.05) is 18.7 Å². The maximum absolute atomic E-state index is 13.1. The molecule has 2 aromatic carbocycles. The van der Waals surface area contributed by atoms with Gasteiger partial charge in [-0.3, -0.25) is 9.36 Å². The molecule has 0 saturated carbocycles. The smallest absolute Gasteiger partial charge is 0.262 e. The van der Waals surface area contributed by atoms with Crippen molar-refractivity contribution < 1.29 is 9.26 Å². The van der Waals surface area contributed by atoms with Gasteiger partial charge in [0.2, 0.25) is 11.7 Å². The fourth-order valence-electron chi connectivity index (χ4n) is 3.14. The minimum atomic E-state index is -0.0480. The molecule has 7 nitrogen and oxygen atoms in total. The maximum atomic E-state index is 13.1. The third-order valence-electron chi connectivity index (χ3n) is 4.63. The van der Waals surface area contributed by atoms with Gasteiger partial charge in [0.25, 0.3) is 5.56 Å². The zero-order chi connectivity index (χ0) is 21.6. The van der Waals surface area contributed by atoms with Crippen molar-refractivity contribution in [2.75, 3.05) is 6.61 Å². The molecule has 0 amide bonds. The molecule has 4 aromatic rings. The number of benzene rings is 2. The first kappa shape index (κ1) is 21.3. The second-order valence-corrected chi connectivity index (χ2v) is 8.25. The number of hydrogen-bond donors (Lipinski definition) is 0. The minimum Gasteiger partial charge on any atom is -0.379 e. The topological polar surface area (TPSA) is 83.0 Å². The predicted octanol–water partition coefficient (Wildman–Crippen LogP) is 4.55. The zero-order valence-electron chi connectivity index (χ0n) is 17.5. The van der Waals surface area contributed by atoms with Crippen LogP contribution >= 0.6 is 11.8 Å². The Balaban J connectivity index is 1.55. The van der Waals surface area contributed by atoms with Crippen LogP contribution < -0.4 is 5.56 Å². The Hall–Kier alpha value is -2.97. The van der Waals surface area contributed by atoms with Crippen LogP contribution in [0.1, 0.15) is 26.2 Å². The van der Waals surface area contributed by atoms with Gasteiger partial charge in [-0.2, -0.15) is 4.98 Å². The van der Waals surface area contributed by atoms with E-state index in [4.69, 9.17) is 14.2 Å². The fraction of sp³-hybridized carbons (Fsp3) is 0.304. The van der Waals surface area contributed by atoms with E-state index in [1.165, 1.54) is 11.8 Å². The molecular weight excluding hydrogens is 412 g/mol. The van der Waals surface area contributed by atoms with E-state index < -0.39 is 0 Å². The molecule has 0 N–H and O–H groups in total. The van der Waals surface area contributed by atoms with Gasteiger partial charge in [-0.15, -0.1) is 0 Å². The number of thioether (sulfide) groups is 1. The molecule has 0 aliphatic carbocycles. The number of ether oxygens (including phenoxy) is 1. The van der Waals surface area contributed by atoms with Crippen LogP contribution in [-0.4, -0.2) is 32.4 Å². The summed E-state index contributed by atoms with van der Waals surface area (Å²) in [4.78, 5) is 22.3. The van der Waals surface area contributed by atoms with E-state index in [9.17, 15) is 4.79 Å². The largest absolute Gasteiger partial charge is 0.379 e. The van der Waals surface area contributed by atoms with E-state index in [0.717, 1.165) is 12.0 Å². The van der Waals surface area contributed by atoms with Gasteiger partial charge in [-0.25, -0.2) is 4.98 Å². The molecule has 0 atom stereocenters. The molecule has 160 valence electrons. The lowest BCUT2D eigenvalue weighted by atomic mass is 10.2. The minimum absolute atomic E-state index is 0.0480. The Morgan fingerprint density at radius 1 is 1.06 bits per heavy atom. The van der Waals surface area contributed by atoms with Crippen molar-refractivity contribution >= 4 is 22.7 Å². The van der Waals surface area contributed by atoms with Crippen molar-refractivity contribution in [3.63, 3.8) is 0 Å². The molecule has 0 saturated heterocycles. The van der Waals surface area contributed by atoms with Crippen molar-refractivity contribution in [2.24, 2.45) is 0 Å². The van der Waals surface area contributed by atoms with Gasteiger partial charge in [0.05, 0.1) is 22.8 Å². The van der Waals surface area contributed by atoms with E-state index in [-0.39, 0.29) is 11.7 Å². The van der Waals surface area contributed by atoms with Crippen LogP contribution in [0, 0.1) is 0 Å². The highest BCUT2D eigenvalue weighted by Crippen LogP contribution is 2.23. The lowest BCUT2D eigenvalue weighted by Gasteiger charge is -2.13. The molecule has 0 unspecified atom stereocenters. The van der Waals surface area contributed by atoms with Gasteiger partial charge in [-0.1, -0.05) is 59.4 Å². The van der Waals surface area contributed by atoms with Crippen LogP contribution in [0.25, 0.3) is 22.3 Å². The summed E-state index contributed by atoms with van der Waals surface area (Å²) in [5.74, 6) is 1.46. The highest BCUT2D eigenvalue weighted by Gasteiger charge is 2.14. The molecule has 0 fully saturated rings. The summed E-state index contributed by atoms with van der Waals surface area (Å²) in [7, 11) is 0. The van der Waals surface area contributed by atoms with E-state index >= 15 is 0 Å². The molecular formula is C23H24N4O3S. The Morgan fingerprint density at radius 3 is 2.65 bits per heavy atom. The monoisotopic (exact) mass is 436 g/mol. The zero-order valence-corrected chi connectivity index (χ0v) is 18.3. The molecule has 31 heavy (non-hydrogen) atoms. The number of nitrogens with zero attached hydrogens (tertiary/aromatic N) is 4. The number of hydrogen-bond acceptors (Lipinski definition) is 7. The Bertz CT molecular complexity index is 1200. The summed E-state index contributed by atoms with van der Waals surface area (Å²) in [6, 6.07) is 17.1. The van der Waals surface area contributed by atoms with Gasteiger partial charge < -0.3 is 9.26 Å². The third-order valence-corrected chi connectivity index (χ3v) is 5.59. The van der Waals surface area contributed by atoms with Gasteiger partial charge in [0.15, 0.2) is 5.16 Å². The van der Waals surface area contributed by atoms with E-state index in [2.05, 4.69) is 10.1 Å². The average Bonchev–Trinajstić information content (AvgIpc) is 3.26. The molecule has 0 spiro atoms. The Kier molecular flexibility index (Phi) is 6.79. The van der Waals surface area contributed by atoms with E-state index in [0.29, 0.717) is 46.7 Å². The molecule has 2 aromatic heterocycles. The molecule has 0 bridgehead atoms. The van der Waals surface area contributed by atoms with Crippen LogP contribution in [0.3, 0.4) is 0 Å². The lowest BCUT2D eigenvalue weighted by Crippen LogP contribution is -2.24. The fourth-order valence-corrected chi connectivity index (χ4v) is 4.00. The maximum Gasteiger partial charge on any atom is 0.262 e. The SMILES string of the molecule is CC(C)OCCCn1c(SCc2nc(-c3ccccc3)no2)nc2ccccc2c1=O. The summed E-state index contributed by atoms with van der Waals surface area (Å²) in [5.41, 5.74) is 1.53. The van der Waals surface area contributed by atoms with Crippen molar-refractivity contribution in [1.82, 2.24) is 19.7 Å². The highest BCUT2D eigenvalue weighted by molar-refractivity contribution is 7.98. The van der Waals surface area contributed by atoms with Crippen LogP contribution in [0.15, 0.2) is 69.1 Å². The van der Waals surface area contributed by atoms with Crippen molar-refractivity contribution in [2.45, 2.75) is 43.8 Å². The number of rotatable bonds is 9. The summed E-state index contributed by atoms with van der Waals surface area (Å²) in [6.07, 6.45) is 0.890. The number of fused-ring (bicyclic) bond motifs is 1. The number of aromatic nitrogens is 4. The second-order valence-electron chi connectivity index (χ2n) is 7.31. The first-order valence-electron chi connectivity index (χ1n) is 10.2. The average molecular weight is 437 g/mol. The molecule has 8 heteroatoms. The Labute approximate surface area is 184 Å². The Morgan fingerprint density at radius 2 is 1.84 bits per heavy atom. The summed E-state index contributed by atoms with van der Waals surface area (Å²) < 4.78 is 12.7. The summed E-state index contributed by atoms with van der Waals surface area (Å²) in [6.45, 7) is 5.12. The first-order chi connectivity index (χ1) is 15.1. The molecule has 0 aliphatic rings. The van der Waals surface area contributed by atoms with Crippen molar-refractivity contribution in [3.8, 4) is 11.4 Å². The predicted molar refractivity (Wildman–Crippen MR) is 121 cm³/mol. The van der Waals surface area contributed by atoms with Crippen LogP contribution in [0.4, 0.5) is 0 Å². The summed E-state index contributed by atoms with van der Waals surface area (Å²) in [5, 5.41) is 5.30. The molecule has 2 heterocycles. The van der Waals surface area contributed by atoms with Crippen LogP contribution in [-0.2, 0) is 17.0 Å². The van der Waals surface area contributed by atoms with E-state index in [1.54, 1.807) is 4.57 Å². The molecule has 0 radical (unpaired) electrons. The van der Waals surface area contributed by atoms with Gasteiger partial charge in [-0.05, 0) is 32.4 Å². The van der Waals surface area contributed by atoms with Crippen molar-refractivity contribution in [1.29, 1.82) is 0 Å². The van der Waals surface area contributed by atoms with Gasteiger partial charge in [0.1, 0.15) is 0 Å². The molecule has 4 rings (SSSR count). The quantitative estimate of drug-likeness (QED) is 0.216. The standard InChI is InChI=1S/C23H24N4O3S/c1-16(2)29-14-8-13-27-22(28)18-11-6-7-12-19(18)24-23(27)31-15-20-25-21(26-30-20)17-9-4-3-5-10-17/h3-7,9-12,16H,8,13-15H2,1-2H3.